The maximum Gasteiger partial charge on any atom is 0.230 e. The monoisotopic (exact) mass is 444 g/mol. The molecule has 170 valence electrons. The maximum atomic E-state index is 13.4. The lowest BCUT2D eigenvalue weighted by atomic mass is 9.92. The first-order chi connectivity index (χ1) is 16.0. The molecule has 0 saturated carbocycles. The fraction of sp³-hybridized carbons (Fsp3) is 0.259. The van der Waals surface area contributed by atoms with Crippen LogP contribution >= 0.6 is 0 Å². The molecule has 0 aliphatic carbocycles. The third-order valence-corrected chi connectivity index (χ3v) is 6.10. The molecule has 1 N–H and O–H groups in total. The quantitative estimate of drug-likeness (QED) is 0.557. The van der Waals surface area contributed by atoms with Crippen LogP contribution in [0.4, 0.5) is 11.4 Å². The Bertz CT molecular complexity index is 1110. The van der Waals surface area contributed by atoms with Crippen molar-refractivity contribution in [3.8, 4) is 11.5 Å². The summed E-state index contributed by atoms with van der Waals surface area (Å²) in [5.74, 6) is 0.609. The van der Waals surface area contributed by atoms with Gasteiger partial charge in [0.25, 0.3) is 0 Å². The molecule has 33 heavy (non-hydrogen) atoms. The van der Waals surface area contributed by atoms with Gasteiger partial charge in [0.15, 0.2) is 0 Å². The van der Waals surface area contributed by atoms with Crippen molar-refractivity contribution < 1.29 is 19.1 Å². The second-order valence-corrected chi connectivity index (χ2v) is 8.03. The molecule has 1 heterocycles. The third kappa shape index (κ3) is 4.70. The Balaban J connectivity index is 1.67. The molecule has 2 amide bonds. The van der Waals surface area contributed by atoms with E-state index in [9.17, 15) is 9.59 Å². The number of ether oxygens (including phenoxy) is 2. The minimum Gasteiger partial charge on any atom is -0.497 e. The van der Waals surface area contributed by atoms with Crippen molar-refractivity contribution in [2.24, 2.45) is 5.92 Å². The number of nitrogens with zero attached hydrogens (tertiary/aromatic N) is 1. The third-order valence-electron chi connectivity index (χ3n) is 6.10. The number of amides is 2. The smallest absolute Gasteiger partial charge is 0.230 e. The van der Waals surface area contributed by atoms with Crippen LogP contribution < -0.4 is 19.7 Å². The summed E-state index contributed by atoms with van der Waals surface area (Å²) in [5.41, 5.74) is 3.52. The predicted molar refractivity (Wildman–Crippen MR) is 129 cm³/mol. The zero-order valence-electron chi connectivity index (χ0n) is 19.1. The Hall–Kier alpha value is -3.80. The van der Waals surface area contributed by atoms with E-state index in [1.807, 2.05) is 72.8 Å². The largest absolute Gasteiger partial charge is 0.497 e. The highest BCUT2D eigenvalue weighted by Gasteiger charge is 2.45. The average Bonchev–Trinajstić information content (AvgIpc) is 3.21. The van der Waals surface area contributed by atoms with Gasteiger partial charge in [-0.15, -0.1) is 0 Å². The van der Waals surface area contributed by atoms with Crippen LogP contribution in [0, 0.1) is 5.92 Å². The van der Waals surface area contributed by atoms with Crippen LogP contribution in [0.3, 0.4) is 0 Å². The van der Waals surface area contributed by atoms with Gasteiger partial charge in [0.1, 0.15) is 11.5 Å². The Labute approximate surface area is 194 Å². The second kappa shape index (κ2) is 9.77. The van der Waals surface area contributed by atoms with E-state index < -0.39 is 12.0 Å². The van der Waals surface area contributed by atoms with Gasteiger partial charge in [0.2, 0.25) is 11.8 Å². The molecule has 3 aromatic rings. The summed E-state index contributed by atoms with van der Waals surface area (Å²) >= 11 is 0. The maximum absolute atomic E-state index is 13.4. The van der Waals surface area contributed by atoms with Crippen LogP contribution in [0.5, 0.6) is 11.5 Å². The van der Waals surface area contributed by atoms with Crippen LogP contribution in [0.15, 0.2) is 72.8 Å². The van der Waals surface area contributed by atoms with E-state index in [1.165, 1.54) is 5.56 Å². The standard InChI is InChI=1S/C27H28N2O4/c1-4-18-5-9-20(10-6-18)28-27(31)24-17-25(30)29(21-11-15-23(33-3)16-12-21)26(24)19-7-13-22(32-2)14-8-19/h5-16,24,26H,4,17H2,1-3H3,(H,28,31)/t24-,26-/m1/s1. The number of carbonyl (C=O) groups is 2. The van der Waals surface area contributed by atoms with E-state index in [-0.39, 0.29) is 18.2 Å². The first-order valence-electron chi connectivity index (χ1n) is 11.0. The lowest BCUT2D eigenvalue weighted by molar-refractivity contribution is -0.122. The number of nitrogens with one attached hydrogen (secondary N) is 1. The topological polar surface area (TPSA) is 67.9 Å². The molecule has 1 aliphatic rings. The van der Waals surface area contributed by atoms with Crippen molar-refractivity contribution in [2.45, 2.75) is 25.8 Å². The summed E-state index contributed by atoms with van der Waals surface area (Å²) in [4.78, 5) is 28.3. The number of anilines is 2. The van der Waals surface area contributed by atoms with Gasteiger partial charge in [0, 0.05) is 17.8 Å². The Morgan fingerprint density at radius 3 is 2.03 bits per heavy atom. The number of aryl methyl sites for hydroxylation is 1. The van der Waals surface area contributed by atoms with Gasteiger partial charge >= 0.3 is 0 Å². The fourth-order valence-electron chi connectivity index (χ4n) is 4.26. The molecule has 1 saturated heterocycles. The summed E-state index contributed by atoms with van der Waals surface area (Å²) < 4.78 is 10.5. The number of benzene rings is 3. The van der Waals surface area contributed by atoms with Crippen molar-refractivity contribution >= 4 is 23.2 Å². The summed E-state index contributed by atoms with van der Waals surface area (Å²) in [6.45, 7) is 2.09. The normalized spacial score (nSPS) is 17.7. The highest BCUT2D eigenvalue weighted by atomic mass is 16.5. The lowest BCUT2D eigenvalue weighted by Gasteiger charge is -2.28. The number of rotatable bonds is 7. The van der Waals surface area contributed by atoms with E-state index in [0.717, 1.165) is 29.1 Å². The zero-order chi connectivity index (χ0) is 23.4. The fourth-order valence-corrected chi connectivity index (χ4v) is 4.26. The highest BCUT2D eigenvalue weighted by molar-refractivity contribution is 6.04. The molecule has 3 aromatic carbocycles. The van der Waals surface area contributed by atoms with Gasteiger partial charge in [-0.3, -0.25) is 9.59 Å². The van der Waals surface area contributed by atoms with Gasteiger partial charge in [0.05, 0.1) is 26.2 Å². The van der Waals surface area contributed by atoms with E-state index in [2.05, 4.69) is 12.2 Å². The Morgan fingerprint density at radius 1 is 0.909 bits per heavy atom. The second-order valence-electron chi connectivity index (χ2n) is 8.03. The highest BCUT2D eigenvalue weighted by Crippen LogP contribution is 2.42. The molecule has 0 bridgehead atoms. The first kappa shape index (κ1) is 22.4. The number of hydrogen-bond donors (Lipinski definition) is 1. The Kier molecular flexibility index (Phi) is 6.63. The van der Waals surface area contributed by atoms with E-state index in [1.54, 1.807) is 19.1 Å². The molecule has 6 nitrogen and oxygen atoms in total. The molecule has 6 heteroatoms. The first-order valence-corrected chi connectivity index (χ1v) is 11.0. The zero-order valence-corrected chi connectivity index (χ0v) is 19.1. The average molecular weight is 445 g/mol. The van der Waals surface area contributed by atoms with Crippen molar-refractivity contribution in [1.82, 2.24) is 0 Å². The molecular weight excluding hydrogens is 416 g/mol. The number of carbonyl (C=O) groups excluding carboxylic acids is 2. The molecule has 4 rings (SSSR count). The van der Waals surface area contributed by atoms with Gasteiger partial charge in [-0.1, -0.05) is 31.2 Å². The van der Waals surface area contributed by atoms with E-state index in [4.69, 9.17) is 9.47 Å². The summed E-state index contributed by atoms with van der Waals surface area (Å²) in [7, 11) is 3.21. The SMILES string of the molecule is CCc1ccc(NC(=O)[C@@H]2CC(=O)N(c3ccc(OC)cc3)[C@@H]2c2ccc(OC)cc2)cc1. The van der Waals surface area contributed by atoms with Crippen molar-refractivity contribution in [2.75, 3.05) is 24.4 Å². The summed E-state index contributed by atoms with van der Waals surface area (Å²) in [5, 5.41) is 3.01. The van der Waals surface area contributed by atoms with Gasteiger partial charge < -0.3 is 19.7 Å². The molecule has 1 aliphatic heterocycles. The molecular formula is C27H28N2O4. The molecule has 0 aromatic heterocycles. The van der Waals surface area contributed by atoms with Gasteiger partial charge in [-0.2, -0.15) is 0 Å². The van der Waals surface area contributed by atoms with Crippen LogP contribution in [0.1, 0.15) is 30.5 Å². The van der Waals surface area contributed by atoms with Crippen molar-refractivity contribution in [3.05, 3.63) is 83.9 Å². The van der Waals surface area contributed by atoms with E-state index >= 15 is 0 Å². The summed E-state index contributed by atoms with van der Waals surface area (Å²) in [6.07, 6.45) is 1.06. The summed E-state index contributed by atoms with van der Waals surface area (Å²) in [6, 6.07) is 22.2. The number of hydrogen-bond acceptors (Lipinski definition) is 4. The molecule has 0 radical (unpaired) electrons. The van der Waals surface area contributed by atoms with E-state index in [0.29, 0.717) is 5.75 Å². The van der Waals surface area contributed by atoms with Crippen LogP contribution in [0.25, 0.3) is 0 Å². The predicted octanol–water partition coefficient (Wildman–Crippen LogP) is 5.00. The number of methoxy groups -OCH3 is 2. The molecule has 0 spiro atoms. The van der Waals surface area contributed by atoms with Crippen LogP contribution in [-0.4, -0.2) is 26.0 Å². The Morgan fingerprint density at radius 2 is 1.48 bits per heavy atom. The van der Waals surface area contributed by atoms with Crippen molar-refractivity contribution in [1.29, 1.82) is 0 Å². The van der Waals surface area contributed by atoms with Gasteiger partial charge in [-0.25, -0.2) is 0 Å². The molecule has 0 unspecified atom stereocenters. The minimum absolute atomic E-state index is 0.0949. The lowest BCUT2D eigenvalue weighted by Crippen LogP contribution is -2.32. The van der Waals surface area contributed by atoms with Crippen molar-refractivity contribution in [3.63, 3.8) is 0 Å². The van der Waals surface area contributed by atoms with Crippen LogP contribution in [0.2, 0.25) is 0 Å². The van der Waals surface area contributed by atoms with Gasteiger partial charge in [-0.05, 0) is 66.1 Å². The minimum atomic E-state index is -0.543. The molecule has 1 fully saturated rings. The molecule has 2 atom stereocenters. The van der Waals surface area contributed by atoms with Crippen LogP contribution in [-0.2, 0) is 16.0 Å².